The van der Waals surface area contributed by atoms with Gasteiger partial charge in [0.05, 0.1) is 44.6 Å². The summed E-state index contributed by atoms with van der Waals surface area (Å²) in [7, 11) is 0. The van der Waals surface area contributed by atoms with Crippen LogP contribution >= 0.6 is 22.7 Å². The van der Waals surface area contributed by atoms with Crippen LogP contribution in [0.4, 0.5) is 0 Å². The monoisotopic (exact) mass is 1000 g/mol. The average Bonchev–Trinajstić information content (AvgIpc) is 4.36. The van der Waals surface area contributed by atoms with Gasteiger partial charge in [0.1, 0.15) is 34.5 Å². The van der Waals surface area contributed by atoms with Crippen molar-refractivity contribution in [3.8, 4) is 45.8 Å². The maximum Gasteiger partial charge on any atom is 0.136 e. The van der Waals surface area contributed by atoms with E-state index in [0.717, 1.165) is 93.0 Å². The smallest absolute Gasteiger partial charge is 0.136 e. The van der Waals surface area contributed by atoms with Gasteiger partial charge in [-0.15, -0.1) is 22.7 Å². The first-order valence-electron chi connectivity index (χ1n) is 25.2. The molecule has 17 aromatic rings. The largest absolute Gasteiger partial charge is 0.456 e. The van der Waals surface area contributed by atoms with Crippen LogP contribution < -0.4 is 0 Å². The molecule has 6 nitrogen and oxygen atoms in total. The number of hydrogen-bond acceptors (Lipinski definition) is 6. The number of nitriles is 2. The van der Waals surface area contributed by atoms with E-state index in [9.17, 15) is 10.5 Å². The Morgan fingerprint density at radius 3 is 1.18 bits per heavy atom. The lowest BCUT2D eigenvalue weighted by Crippen LogP contribution is -2.11. The Labute approximate surface area is 439 Å². The fraction of sp³-hybridized carbons (Fsp3) is 0. The number of nitrogens with zero attached hydrogens (tertiary/aromatic N) is 4. The first kappa shape index (κ1) is 41.5. The van der Waals surface area contributed by atoms with Crippen LogP contribution in [-0.2, 0) is 0 Å². The lowest BCUT2D eigenvalue weighted by atomic mass is 9.84. The number of furan rings is 2. The van der Waals surface area contributed by atoms with Crippen LogP contribution in [-0.4, -0.2) is 9.13 Å². The second-order valence-electron chi connectivity index (χ2n) is 19.5. The van der Waals surface area contributed by atoms with Gasteiger partial charge in [0.2, 0.25) is 0 Å². The minimum atomic E-state index is 0.365. The van der Waals surface area contributed by atoms with E-state index in [1.54, 1.807) is 22.7 Å². The zero-order valence-electron chi connectivity index (χ0n) is 40.1. The van der Waals surface area contributed by atoms with Crippen molar-refractivity contribution in [2.75, 3.05) is 0 Å². The lowest BCUT2D eigenvalue weighted by molar-refractivity contribution is 0.668. The average molecular weight is 1000 g/mol. The highest BCUT2D eigenvalue weighted by atomic mass is 32.1. The SMILES string of the molecule is N#Cc1c(-c2cccc3oc4ccccc4c23)c(C#N)c(-n2c3ccccc3c3c4sc5ccccc5c4ccc32)c(-c2cccc3oc4ccccc4c23)c1-n1c2ccccc2c2c3sc4ccccc4c3ccc21. The van der Waals surface area contributed by atoms with Crippen molar-refractivity contribution in [3.63, 3.8) is 0 Å². The van der Waals surface area contributed by atoms with E-state index < -0.39 is 0 Å². The van der Waals surface area contributed by atoms with Gasteiger partial charge in [0.15, 0.2) is 0 Å². The molecule has 0 fully saturated rings. The molecule has 0 atom stereocenters. The first-order valence-corrected chi connectivity index (χ1v) is 26.8. The summed E-state index contributed by atoms with van der Waals surface area (Å²) in [5.41, 5.74) is 11.5. The number of rotatable bonds is 4. The molecule has 0 aliphatic carbocycles. The maximum atomic E-state index is 12.5. The molecule has 0 aliphatic rings. The molecule has 0 amide bonds. The molecule has 0 aliphatic heterocycles. The molecule has 6 aromatic heterocycles. The van der Waals surface area contributed by atoms with Gasteiger partial charge in [-0.05, 0) is 71.8 Å². The Bertz CT molecular complexity index is 5300. The minimum Gasteiger partial charge on any atom is -0.456 e. The summed E-state index contributed by atoms with van der Waals surface area (Å²) in [6, 6.07) is 77.5. The predicted molar refractivity (Wildman–Crippen MR) is 316 cm³/mol. The van der Waals surface area contributed by atoms with E-state index in [1.807, 2.05) is 60.7 Å². The van der Waals surface area contributed by atoms with Crippen LogP contribution in [0.1, 0.15) is 11.1 Å². The number of benzene rings is 11. The molecule has 8 heteroatoms. The second-order valence-corrected chi connectivity index (χ2v) is 21.7. The highest BCUT2D eigenvalue weighted by Crippen LogP contribution is 2.54. The second kappa shape index (κ2) is 15.3. The Balaban J connectivity index is 1.17. The van der Waals surface area contributed by atoms with Gasteiger partial charge < -0.3 is 18.0 Å². The van der Waals surface area contributed by atoms with Crippen molar-refractivity contribution in [3.05, 3.63) is 217 Å². The van der Waals surface area contributed by atoms with Crippen molar-refractivity contribution < 1.29 is 8.83 Å². The van der Waals surface area contributed by atoms with E-state index in [1.165, 1.54) is 40.3 Å². The summed E-state index contributed by atoms with van der Waals surface area (Å²) < 4.78 is 22.8. The summed E-state index contributed by atoms with van der Waals surface area (Å²) in [5, 5.41) is 37.6. The number of thiophene rings is 2. The molecule has 17 rings (SSSR count). The fourth-order valence-electron chi connectivity index (χ4n) is 12.8. The summed E-state index contributed by atoms with van der Waals surface area (Å²) in [6.45, 7) is 0. The zero-order valence-corrected chi connectivity index (χ0v) is 41.7. The fourth-order valence-corrected chi connectivity index (χ4v) is 15.3. The van der Waals surface area contributed by atoms with Gasteiger partial charge in [0.25, 0.3) is 0 Å². The molecule has 0 unspecified atom stereocenters. The summed E-state index contributed by atoms with van der Waals surface area (Å²) in [5.74, 6) is 0. The van der Waals surface area contributed by atoms with E-state index in [4.69, 9.17) is 8.83 Å². The summed E-state index contributed by atoms with van der Waals surface area (Å²) >= 11 is 3.60. The van der Waals surface area contributed by atoms with Crippen molar-refractivity contribution >= 4 is 151 Å². The third kappa shape index (κ3) is 5.35. The Hall–Kier alpha value is -9.96. The molecule has 350 valence electrons. The lowest BCUT2D eigenvalue weighted by Gasteiger charge is -2.26. The molecule has 0 N–H and O–H groups in total. The Morgan fingerprint density at radius 2 is 0.711 bits per heavy atom. The van der Waals surface area contributed by atoms with Crippen molar-refractivity contribution in [1.29, 1.82) is 10.5 Å². The standard InChI is InChI=1S/C68H34N4O2S2/c69-35-47-59(45-21-13-27-55-60(45)43-19-3-9-25-53(43)73-55)48(36-70)66(72-50-24-8-2-18-42(50)63-52(72)34-32-40-38-16-6-12-30-58(38)76-68(40)63)64(46-22-14-28-56-61(46)44-20-4-10-26-54(44)74-56)65(47)71-49-23-7-1-17-41(49)62-51(71)33-31-39-37-15-5-11-29-57(37)75-67(39)62/h1-34H. The molecule has 11 aromatic carbocycles. The molecule has 0 saturated heterocycles. The van der Waals surface area contributed by atoms with E-state index >= 15 is 0 Å². The van der Waals surface area contributed by atoms with Crippen LogP contribution in [0.2, 0.25) is 0 Å². The minimum absolute atomic E-state index is 0.365. The number of aromatic nitrogens is 2. The van der Waals surface area contributed by atoms with Crippen molar-refractivity contribution in [1.82, 2.24) is 9.13 Å². The molecular formula is C68H34N4O2S2. The Kier molecular flexibility index (Phi) is 8.36. The van der Waals surface area contributed by atoms with Gasteiger partial charge in [-0.2, -0.15) is 10.5 Å². The Morgan fingerprint density at radius 1 is 0.316 bits per heavy atom. The maximum absolute atomic E-state index is 12.5. The predicted octanol–water partition coefficient (Wildman–Crippen LogP) is 19.5. The van der Waals surface area contributed by atoms with Crippen molar-refractivity contribution in [2.45, 2.75) is 0 Å². The number of fused-ring (bicyclic) bond motifs is 20. The van der Waals surface area contributed by atoms with Gasteiger partial charge in [-0.25, -0.2) is 0 Å². The molecule has 0 saturated carbocycles. The van der Waals surface area contributed by atoms with E-state index in [0.29, 0.717) is 39.2 Å². The topological polar surface area (TPSA) is 83.7 Å². The highest BCUT2D eigenvalue weighted by Gasteiger charge is 2.34. The van der Waals surface area contributed by atoms with Crippen LogP contribution in [0.3, 0.4) is 0 Å². The molecule has 6 heterocycles. The quantitative estimate of drug-likeness (QED) is 0.176. The normalized spacial score (nSPS) is 12.2. The van der Waals surface area contributed by atoms with E-state index in [2.05, 4.69) is 167 Å². The summed E-state index contributed by atoms with van der Waals surface area (Å²) in [4.78, 5) is 0. The van der Waals surface area contributed by atoms with Crippen LogP contribution in [0.15, 0.2) is 215 Å². The van der Waals surface area contributed by atoms with Gasteiger partial charge >= 0.3 is 0 Å². The zero-order chi connectivity index (χ0) is 49.9. The van der Waals surface area contributed by atoms with Gasteiger partial charge in [0, 0.05) is 94.6 Å². The highest BCUT2D eigenvalue weighted by molar-refractivity contribution is 7.27. The third-order valence-electron chi connectivity index (χ3n) is 15.8. The first-order chi connectivity index (χ1) is 37.7. The van der Waals surface area contributed by atoms with Crippen LogP contribution in [0, 0.1) is 22.7 Å². The molecule has 0 spiro atoms. The number of para-hydroxylation sites is 4. The summed E-state index contributed by atoms with van der Waals surface area (Å²) in [6.07, 6.45) is 0. The van der Waals surface area contributed by atoms with E-state index in [-0.39, 0.29) is 0 Å². The van der Waals surface area contributed by atoms with Gasteiger partial charge in [-0.3, -0.25) is 0 Å². The van der Waals surface area contributed by atoms with Gasteiger partial charge in [-0.1, -0.05) is 146 Å². The molecule has 0 bridgehead atoms. The number of hydrogen-bond donors (Lipinski definition) is 0. The third-order valence-corrected chi connectivity index (χ3v) is 18.2. The molecular weight excluding hydrogens is 969 g/mol. The van der Waals surface area contributed by atoms with Crippen LogP contribution in [0.5, 0.6) is 0 Å². The van der Waals surface area contributed by atoms with Crippen molar-refractivity contribution in [2.24, 2.45) is 0 Å². The molecule has 76 heavy (non-hydrogen) atoms. The van der Waals surface area contributed by atoms with Crippen LogP contribution in [0.25, 0.3) is 161 Å². The molecule has 0 radical (unpaired) electrons.